The Morgan fingerprint density at radius 1 is 1.26 bits per heavy atom. The molecular weight excluding hydrogens is 251 g/mol. The van der Waals surface area contributed by atoms with Crippen LogP contribution in [0.15, 0.2) is 29.8 Å². The normalized spacial score (nSPS) is 16.7. The summed E-state index contributed by atoms with van der Waals surface area (Å²) in [6.45, 7) is 2.88. The number of alkyl halides is 3. The topological polar surface area (TPSA) is 12.0 Å². The smallest absolute Gasteiger partial charge is 0.310 e. The van der Waals surface area contributed by atoms with E-state index in [-0.39, 0.29) is 0 Å². The van der Waals surface area contributed by atoms with Crippen LogP contribution in [0.5, 0.6) is 0 Å². The maximum atomic E-state index is 12.4. The largest absolute Gasteiger partial charge is 0.416 e. The van der Waals surface area contributed by atoms with Gasteiger partial charge in [-0.25, -0.2) is 0 Å². The lowest BCUT2D eigenvalue weighted by molar-refractivity contribution is -0.137. The van der Waals surface area contributed by atoms with Crippen molar-refractivity contribution in [3.63, 3.8) is 0 Å². The molecule has 0 atom stereocenters. The van der Waals surface area contributed by atoms with E-state index in [4.69, 9.17) is 0 Å². The van der Waals surface area contributed by atoms with Crippen molar-refractivity contribution in [1.82, 2.24) is 5.32 Å². The van der Waals surface area contributed by atoms with Gasteiger partial charge in [0, 0.05) is 12.6 Å². The van der Waals surface area contributed by atoms with Gasteiger partial charge in [0.15, 0.2) is 0 Å². The molecule has 1 fully saturated rings. The third-order valence-electron chi connectivity index (χ3n) is 3.26. The molecule has 1 saturated carbocycles. The first-order valence-electron chi connectivity index (χ1n) is 6.59. The average molecular weight is 269 g/mol. The lowest BCUT2D eigenvalue weighted by atomic mass is 10.1. The SMILES string of the molecule is CCC(=Cc1ccc(C(F)(F)F)cc1)CNC1CC1. The zero-order valence-electron chi connectivity index (χ0n) is 10.9. The van der Waals surface area contributed by atoms with Gasteiger partial charge in [-0.3, -0.25) is 0 Å². The van der Waals surface area contributed by atoms with Gasteiger partial charge in [-0.1, -0.05) is 30.7 Å². The molecule has 1 nitrogen and oxygen atoms in total. The van der Waals surface area contributed by atoms with Crippen LogP contribution in [0.1, 0.15) is 37.3 Å². The standard InChI is InChI=1S/C15H18F3N/c1-2-11(10-19-14-7-8-14)9-12-3-5-13(6-4-12)15(16,17)18/h3-6,9,14,19H,2,7-8,10H2,1H3. The van der Waals surface area contributed by atoms with Gasteiger partial charge >= 0.3 is 6.18 Å². The van der Waals surface area contributed by atoms with Gasteiger partial charge < -0.3 is 5.32 Å². The van der Waals surface area contributed by atoms with Gasteiger partial charge in [0.1, 0.15) is 0 Å². The van der Waals surface area contributed by atoms with Crippen molar-refractivity contribution in [2.45, 2.75) is 38.4 Å². The summed E-state index contributed by atoms with van der Waals surface area (Å²) in [6.07, 6.45) is 1.08. The van der Waals surface area contributed by atoms with Crippen LogP contribution in [0.4, 0.5) is 13.2 Å². The summed E-state index contributed by atoms with van der Waals surface area (Å²) in [5, 5.41) is 3.42. The molecule has 0 unspecified atom stereocenters. The molecule has 0 bridgehead atoms. The zero-order valence-corrected chi connectivity index (χ0v) is 10.9. The van der Waals surface area contributed by atoms with Crippen LogP contribution in [0, 0.1) is 0 Å². The summed E-state index contributed by atoms with van der Waals surface area (Å²) < 4.78 is 37.3. The molecule has 0 spiro atoms. The highest BCUT2D eigenvalue weighted by Crippen LogP contribution is 2.29. The maximum Gasteiger partial charge on any atom is 0.416 e. The molecule has 19 heavy (non-hydrogen) atoms. The third kappa shape index (κ3) is 4.39. The summed E-state index contributed by atoms with van der Waals surface area (Å²) in [5.41, 5.74) is 1.44. The molecule has 1 aliphatic rings. The Hall–Kier alpha value is -1.29. The van der Waals surface area contributed by atoms with Gasteiger partial charge in [0.25, 0.3) is 0 Å². The van der Waals surface area contributed by atoms with Crippen molar-refractivity contribution in [2.75, 3.05) is 6.54 Å². The Bertz CT molecular complexity index is 441. The number of nitrogens with one attached hydrogen (secondary N) is 1. The average Bonchev–Trinajstić information content (AvgIpc) is 3.18. The van der Waals surface area contributed by atoms with Crippen molar-refractivity contribution in [3.8, 4) is 0 Å². The highest BCUT2D eigenvalue weighted by atomic mass is 19.4. The van der Waals surface area contributed by atoms with E-state index in [0.29, 0.717) is 6.04 Å². The van der Waals surface area contributed by atoms with E-state index in [0.717, 1.165) is 30.7 Å². The van der Waals surface area contributed by atoms with E-state index in [1.165, 1.54) is 30.5 Å². The van der Waals surface area contributed by atoms with Crippen LogP contribution in [0.25, 0.3) is 6.08 Å². The Balaban J connectivity index is 2.02. The summed E-state index contributed by atoms with van der Waals surface area (Å²) in [5.74, 6) is 0. The second-order valence-corrected chi connectivity index (χ2v) is 4.93. The van der Waals surface area contributed by atoms with Crippen LogP contribution >= 0.6 is 0 Å². The molecule has 104 valence electrons. The van der Waals surface area contributed by atoms with Gasteiger partial charge in [-0.2, -0.15) is 13.2 Å². The van der Waals surface area contributed by atoms with Crippen LogP contribution < -0.4 is 5.32 Å². The molecule has 0 aliphatic heterocycles. The molecule has 4 heteroatoms. The Morgan fingerprint density at radius 2 is 1.89 bits per heavy atom. The second-order valence-electron chi connectivity index (χ2n) is 4.93. The molecule has 1 N–H and O–H groups in total. The van der Waals surface area contributed by atoms with Crippen LogP contribution in [0.3, 0.4) is 0 Å². The number of hydrogen-bond donors (Lipinski definition) is 1. The molecule has 0 aromatic heterocycles. The quantitative estimate of drug-likeness (QED) is 0.842. The molecule has 2 rings (SSSR count). The molecule has 0 heterocycles. The maximum absolute atomic E-state index is 12.4. The van der Waals surface area contributed by atoms with Crippen molar-refractivity contribution in [2.24, 2.45) is 0 Å². The first-order chi connectivity index (χ1) is 8.99. The van der Waals surface area contributed by atoms with Crippen molar-refractivity contribution in [3.05, 3.63) is 41.0 Å². The van der Waals surface area contributed by atoms with Crippen molar-refractivity contribution < 1.29 is 13.2 Å². The predicted octanol–water partition coefficient (Wildman–Crippen LogP) is 4.25. The zero-order chi connectivity index (χ0) is 13.9. The molecule has 0 amide bonds. The van der Waals surface area contributed by atoms with E-state index in [1.54, 1.807) is 0 Å². The predicted molar refractivity (Wildman–Crippen MR) is 70.7 cm³/mol. The molecular formula is C15H18F3N. The first kappa shape index (κ1) is 14.1. The fourth-order valence-corrected chi connectivity index (χ4v) is 1.85. The van der Waals surface area contributed by atoms with E-state index in [9.17, 15) is 13.2 Å². The highest BCUT2D eigenvalue weighted by Gasteiger charge is 2.29. The summed E-state index contributed by atoms with van der Waals surface area (Å²) in [4.78, 5) is 0. The summed E-state index contributed by atoms with van der Waals surface area (Å²) in [7, 11) is 0. The Labute approximate surface area is 111 Å². The Kier molecular flexibility index (Phi) is 4.30. The summed E-state index contributed by atoms with van der Waals surface area (Å²) >= 11 is 0. The van der Waals surface area contributed by atoms with E-state index in [2.05, 4.69) is 12.2 Å². The Morgan fingerprint density at radius 3 is 2.37 bits per heavy atom. The van der Waals surface area contributed by atoms with Crippen molar-refractivity contribution in [1.29, 1.82) is 0 Å². The van der Waals surface area contributed by atoms with Crippen LogP contribution in [0.2, 0.25) is 0 Å². The van der Waals surface area contributed by atoms with Crippen LogP contribution in [-0.4, -0.2) is 12.6 Å². The van der Waals surface area contributed by atoms with Gasteiger partial charge in [-0.05, 0) is 37.0 Å². The lowest BCUT2D eigenvalue weighted by Gasteiger charge is -2.08. The van der Waals surface area contributed by atoms with Gasteiger partial charge in [-0.15, -0.1) is 0 Å². The van der Waals surface area contributed by atoms with Gasteiger partial charge in [0.2, 0.25) is 0 Å². The number of rotatable bonds is 5. The van der Waals surface area contributed by atoms with Crippen LogP contribution in [-0.2, 0) is 6.18 Å². The van der Waals surface area contributed by atoms with E-state index < -0.39 is 11.7 Å². The minimum atomic E-state index is -4.26. The molecule has 0 radical (unpaired) electrons. The molecule has 0 saturated heterocycles. The fraction of sp³-hybridized carbons (Fsp3) is 0.467. The highest BCUT2D eigenvalue weighted by molar-refractivity contribution is 5.53. The minimum Gasteiger partial charge on any atom is -0.310 e. The summed E-state index contributed by atoms with van der Waals surface area (Å²) in [6, 6.07) is 5.95. The third-order valence-corrected chi connectivity index (χ3v) is 3.26. The van der Waals surface area contributed by atoms with Crippen molar-refractivity contribution >= 4 is 6.08 Å². The second kappa shape index (κ2) is 5.78. The molecule has 1 aromatic carbocycles. The fourth-order valence-electron chi connectivity index (χ4n) is 1.85. The number of halogens is 3. The first-order valence-corrected chi connectivity index (χ1v) is 6.59. The monoisotopic (exact) mass is 269 g/mol. The van der Waals surface area contributed by atoms with E-state index in [1.807, 2.05) is 6.08 Å². The van der Waals surface area contributed by atoms with Gasteiger partial charge in [0.05, 0.1) is 5.56 Å². The number of hydrogen-bond acceptors (Lipinski definition) is 1. The number of benzene rings is 1. The molecule has 1 aliphatic carbocycles. The minimum absolute atomic E-state index is 0.598. The lowest BCUT2D eigenvalue weighted by Crippen LogP contribution is -2.18. The molecule has 1 aromatic rings. The van der Waals surface area contributed by atoms with E-state index >= 15 is 0 Å².